The molecule has 3 nitrogen and oxygen atoms in total. The minimum absolute atomic E-state index is 0.236. The third-order valence-electron chi connectivity index (χ3n) is 3.50. The molecule has 0 radical (unpaired) electrons. The Bertz CT molecular complexity index is 520. The zero-order valence-corrected chi connectivity index (χ0v) is 12.6. The SMILES string of the molecule is Nc1ccc(S(=O)(=O)C2CCCCCC2)c(Br)c1. The van der Waals surface area contributed by atoms with Gasteiger partial charge < -0.3 is 5.73 Å². The lowest BCUT2D eigenvalue weighted by atomic mass is 10.2. The molecule has 100 valence electrons. The van der Waals surface area contributed by atoms with E-state index in [0.717, 1.165) is 38.5 Å². The van der Waals surface area contributed by atoms with Gasteiger partial charge in [-0.05, 0) is 47.0 Å². The van der Waals surface area contributed by atoms with E-state index in [-0.39, 0.29) is 5.25 Å². The number of anilines is 1. The van der Waals surface area contributed by atoms with E-state index >= 15 is 0 Å². The van der Waals surface area contributed by atoms with Gasteiger partial charge in [0.25, 0.3) is 0 Å². The van der Waals surface area contributed by atoms with Crippen LogP contribution in [0.25, 0.3) is 0 Å². The quantitative estimate of drug-likeness (QED) is 0.666. The van der Waals surface area contributed by atoms with Crippen LogP contribution in [0.2, 0.25) is 0 Å². The molecule has 0 unspecified atom stereocenters. The van der Waals surface area contributed by atoms with Crippen LogP contribution in [-0.4, -0.2) is 13.7 Å². The van der Waals surface area contributed by atoms with Gasteiger partial charge >= 0.3 is 0 Å². The van der Waals surface area contributed by atoms with Crippen molar-refractivity contribution in [3.63, 3.8) is 0 Å². The molecule has 0 atom stereocenters. The minimum atomic E-state index is -3.24. The molecule has 1 saturated carbocycles. The summed E-state index contributed by atoms with van der Waals surface area (Å²) in [6, 6.07) is 4.91. The topological polar surface area (TPSA) is 60.2 Å². The van der Waals surface area contributed by atoms with Crippen LogP contribution in [0.3, 0.4) is 0 Å². The smallest absolute Gasteiger partial charge is 0.182 e. The fourth-order valence-corrected chi connectivity index (χ4v) is 5.45. The molecule has 5 heteroatoms. The molecule has 0 amide bonds. The Morgan fingerprint density at radius 2 is 1.72 bits per heavy atom. The summed E-state index contributed by atoms with van der Waals surface area (Å²) in [4.78, 5) is 0.378. The highest BCUT2D eigenvalue weighted by atomic mass is 79.9. The number of hydrogen-bond donors (Lipinski definition) is 1. The molecule has 0 aliphatic heterocycles. The monoisotopic (exact) mass is 331 g/mol. The first-order valence-electron chi connectivity index (χ1n) is 6.31. The van der Waals surface area contributed by atoms with Crippen molar-refractivity contribution in [2.75, 3.05) is 5.73 Å². The van der Waals surface area contributed by atoms with Gasteiger partial charge in [-0.15, -0.1) is 0 Å². The van der Waals surface area contributed by atoms with E-state index in [2.05, 4.69) is 15.9 Å². The van der Waals surface area contributed by atoms with Crippen LogP contribution in [0.5, 0.6) is 0 Å². The van der Waals surface area contributed by atoms with Crippen LogP contribution in [0.4, 0.5) is 5.69 Å². The van der Waals surface area contributed by atoms with Gasteiger partial charge in [-0.1, -0.05) is 25.7 Å². The second kappa shape index (κ2) is 5.61. The number of rotatable bonds is 2. The summed E-state index contributed by atoms with van der Waals surface area (Å²) in [5.41, 5.74) is 6.22. The molecule has 0 spiro atoms. The minimum Gasteiger partial charge on any atom is -0.399 e. The Morgan fingerprint density at radius 1 is 1.11 bits per heavy atom. The van der Waals surface area contributed by atoms with Gasteiger partial charge in [0.05, 0.1) is 10.1 Å². The average Bonchev–Trinajstić information content (AvgIpc) is 2.57. The highest BCUT2D eigenvalue weighted by Gasteiger charge is 2.29. The van der Waals surface area contributed by atoms with E-state index in [9.17, 15) is 8.42 Å². The van der Waals surface area contributed by atoms with Gasteiger partial charge in [0.15, 0.2) is 9.84 Å². The maximum atomic E-state index is 12.6. The summed E-state index contributed by atoms with van der Waals surface area (Å²) in [7, 11) is -3.24. The normalized spacial score (nSPS) is 18.5. The first-order valence-corrected chi connectivity index (χ1v) is 8.64. The fourth-order valence-electron chi connectivity index (χ4n) is 2.48. The van der Waals surface area contributed by atoms with Gasteiger partial charge in [-0.3, -0.25) is 0 Å². The number of nitrogen functional groups attached to an aromatic ring is 1. The predicted octanol–water partition coefficient (Wildman–Crippen LogP) is 3.53. The molecule has 0 heterocycles. The summed E-state index contributed by atoms with van der Waals surface area (Å²) in [6.07, 6.45) is 5.87. The molecule has 0 bridgehead atoms. The van der Waals surface area contributed by atoms with Gasteiger partial charge in [0.1, 0.15) is 0 Å². The molecule has 18 heavy (non-hydrogen) atoms. The molecule has 1 aliphatic rings. The number of halogens is 1. The van der Waals surface area contributed by atoms with Gasteiger partial charge in [-0.25, -0.2) is 8.42 Å². The lowest BCUT2D eigenvalue weighted by molar-refractivity contribution is 0.562. The molecular formula is C13H18BrNO2S. The van der Waals surface area contributed by atoms with Crippen molar-refractivity contribution in [3.05, 3.63) is 22.7 Å². The number of sulfone groups is 1. The van der Waals surface area contributed by atoms with Crippen LogP contribution in [0.15, 0.2) is 27.6 Å². The molecular weight excluding hydrogens is 314 g/mol. The number of benzene rings is 1. The van der Waals surface area contributed by atoms with Crippen molar-refractivity contribution < 1.29 is 8.42 Å². The lowest BCUT2D eigenvalue weighted by Gasteiger charge is -2.16. The lowest BCUT2D eigenvalue weighted by Crippen LogP contribution is -2.21. The van der Waals surface area contributed by atoms with Crippen LogP contribution >= 0.6 is 15.9 Å². The summed E-state index contributed by atoms with van der Waals surface area (Å²) in [6.45, 7) is 0. The molecule has 1 aliphatic carbocycles. The summed E-state index contributed by atoms with van der Waals surface area (Å²) >= 11 is 3.31. The van der Waals surface area contributed by atoms with Crippen molar-refractivity contribution >= 4 is 31.5 Å². The van der Waals surface area contributed by atoms with E-state index in [1.54, 1.807) is 18.2 Å². The van der Waals surface area contributed by atoms with E-state index in [4.69, 9.17) is 5.73 Å². The third-order valence-corrected chi connectivity index (χ3v) is 6.74. The Morgan fingerprint density at radius 3 is 2.28 bits per heavy atom. The molecule has 0 saturated heterocycles. The molecule has 1 aromatic rings. The van der Waals surface area contributed by atoms with Crippen molar-refractivity contribution in [2.45, 2.75) is 48.7 Å². The first kappa shape index (κ1) is 13.9. The largest absolute Gasteiger partial charge is 0.399 e. The molecule has 2 N–H and O–H groups in total. The van der Waals surface area contributed by atoms with Crippen LogP contribution in [0.1, 0.15) is 38.5 Å². The van der Waals surface area contributed by atoms with Crippen LogP contribution < -0.4 is 5.73 Å². The van der Waals surface area contributed by atoms with Crippen molar-refractivity contribution in [1.82, 2.24) is 0 Å². The average molecular weight is 332 g/mol. The second-order valence-corrected chi connectivity index (χ2v) is 7.90. The van der Waals surface area contributed by atoms with Gasteiger partial charge in [0.2, 0.25) is 0 Å². The van der Waals surface area contributed by atoms with Crippen LogP contribution in [0, 0.1) is 0 Å². The van der Waals surface area contributed by atoms with Gasteiger partial charge in [0, 0.05) is 10.2 Å². The number of nitrogens with two attached hydrogens (primary N) is 1. The predicted molar refractivity (Wildman–Crippen MR) is 77.2 cm³/mol. The van der Waals surface area contributed by atoms with Gasteiger partial charge in [-0.2, -0.15) is 0 Å². The fraction of sp³-hybridized carbons (Fsp3) is 0.538. The maximum absolute atomic E-state index is 12.6. The van der Waals surface area contributed by atoms with E-state index in [0.29, 0.717) is 15.1 Å². The molecule has 1 aromatic carbocycles. The Kier molecular flexibility index (Phi) is 4.33. The maximum Gasteiger partial charge on any atom is 0.182 e. The summed E-state index contributed by atoms with van der Waals surface area (Å²) in [5, 5.41) is -0.236. The standard InChI is InChI=1S/C13H18BrNO2S/c14-12-9-10(15)7-8-13(12)18(16,17)11-5-3-1-2-4-6-11/h7-9,11H,1-6,15H2. The van der Waals surface area contributed by atoms with Crippen molar-refractivity contribution in [3.8, 4) is 0 Å². The Hall–Kier alpha value is -0.550. The summed E-state index contributed by atoms with van der Waals surface area (Å²) in [5.74, 6) is 0. The third kappa shape index (κ3) is 2.88. The highest BCUT2D eigenvalue weighted by Crippen LogP contribution is 2.32. The molecule has 1 fully saturated rings. The summed E-state index contributed by atoms with van der Waals surface area (Å²) < 4.78 is 25.8. The van der Waals surface area contributed by atoms with E-state index in [1.165, 1.54) is 0 Å². The second-order valence-electron chi connectivity index (χ2n) is 4.85. The first-order chi connectivity index (χ1) is 8.51. The highest BCUT2D eigenvalue weighted by molar-refractivity contribution is 9.10. The van der Waals surface area contributed by atoms with E-state index in [1.807, 2.05) is 0 Å². The Labute approximate surface area is 117 Å². The zero-order chi connectivity index (χ0) is 13.2. The Balaban J connectivity index is 2.34. The zero-order valence-electron chi connectivity index (χ0n) is 10.2. The number of hydrogen-bond acceptors (Lipinski definition) is 3. The van der Waals surface area contributed by atoms with E-state index < -0.39 is 9.84 Å². The molecule has 2 rings (SSSR count). The molecule has 0 aromatic heterocycles. The van der Waals surface area contributed by atoms with Crippen LogP contribution in [-0.2, 0) is 9.84 Å². The van der Waals surface area contributed by atoms with Crippen molar-refractivity contribution in [2.24, 2.45) is 0 Å². The van der Waals surface area contributed by atoms with Crippen molar-refractivity contribution in [1.29, 1.82) is 0 Å².